The summed E-state index contributed by atoms with van der Waals surface area (Å²) in [4.78, 5) is 15.5. The number of carbonyl (C=O) groups excluding carboxylic acids is 1. The summed E-state index contributed by atoms with van der Waals surface area (Å²) in [5.74, 6) is 1.10. The van der Waals surface area contributed by atoms with Crippen LogP contribution in [0.15, 0.2) is 6.08 Å². The Balaban J connectivity index is 2.11. The summed E-state index contributed by atoms with van der Waals surface area (Å²) in [5.41, 5.74) is 1.22. The fourth-order valence-electron chi connectivity index (χ4n) is 2.95. The van der Waals surface area contributed by atoms with E-state index in [1.165, 1.54) is 64.0 Å². The van der Waals surface area contributed by atoms with Crippen LogP contribution < -0.4 is 5.32 Å². The van der Waals surface area contributed by atoms with E-state index in [1.807, 2.05) is 11.6 Å². The molecule has 0 fully saturated rings. The minimum Gasteiger partial charge on any atom is -0.293 e. The van der Waals surface area contributed by atoms with Gasteiger partial charge in [0.05, 0.1) is 0 Å². The van der Waals surface area contributed by atoms with Crippen LogP contribution in [0.25, 0.3) is 5.70 Å². The van der Waals surface area contributed by atoms with E-state index in [0.29, 0.717) is 5.95 Å². The minimum absolute atomic E-state index is 0.134. The summed E-state index contributed by atoms with van der Waals surface area (Å²) in [6, 6.07) is 0. The second-order valence-corrected chi connectivity index (χ2v) is 6.14. The normalized spacial score (nSPS) is 20.4. The molecule has 1 aliphatic rings. The summed E-state index contributed by atoms with van der Waals surface area (Å²) in [5, 5.41) is 7.11. The summed E-state index contributed by atoms with van der Waals surface area (Å²) < 4.78 is 1.90. The Bertz CT molecular complexity index is 519. The van der Waals surface area contributed by atoms with E-state index in [9.17, 15) is 4.79 Å². The first-order chi connectivity index (χ1) is 10.7. The number of allylic oxidation sites excluding steroid dienone is 2. The van der Waals surface area contributed by atoms with Crippen molar-refractivity contribution in [3.05, 3.63) is 11.9 Å². The number of hydrogen-bond acceptors (Lipinski definition) is 3. The van der Waals surface area contributed by atoms with Crippen molar-refractivity contribution >= 4 is 17.6 Å². The zero-order valence-corrected chi connectivity index (χ0v) is 13.9. The maximum absolute atomic E-state index is 11.1. The number of aromatic nitrogens is 3. The van der Waals surface area contributed by atoms with Crippen molar-refractivity contribution in [1.29, 1.82) is 0 Å². The van der Waals surface area contributed by atoms with Crippen LogP contribution in [0.1, 0.15) is 77.0 Å². The van der Waals surface area contributed by atoms with Gasteiger partial charge in [-0.3, -0.25) is 10.1 Å². The predicted octanol–water partition coefficient (Wildman–Crippen LogP) is 4.30. The number of anilines is 1. The first-order valence-corrected chi connectivity index (χ1v) is 8.57. The molecule has 0 bridgehead atoms. The molecule has 0 saturated carbocycles. The molecule has 0 unspecified atom stereocenters. The second kappa shape index (κ2) is 8.71. The van der Waals surface area contributed by atoms with Gasteiger partial charge in [0.2, 0.25) is 11.9 Å². The summed E-state index contributed by atoms with van der Waals surface area (Å²) in [6.07, 6.45) is 14.9. The van der Waals surface area contributed by atoms with Crippen molar-refractivity contribution in [1.82, 2.24) is 14.8 Å². The van der Waals surface area contributed by atoms with Gasteiger partial charge in [-0.25, -0.2) is 4.68 Å². The number of nitrogens with one attached hydrogen (secondary N) is 1. The SMILES string of the molecule is CC(=O)Nc1nc(C)n(/C2=C/CCCCCCCCCC2)n1. The topological polar surface area (TPSA) is 59.8 Å². The van der Waals surface area contributed by atoms with Gasteiger partial charge in [-0.15, -0.1) is 5.10 Å². The maximum atomic E-state index is 11.1. The standard InChI is InChI=1S/C17H28N4O/c1-14-18-17(19-15(2)22)20-21(14)16-12-10-8-6-4-3-5-7-9-11-13-16/h12H,3-11,13H2,1-2H3,(H,19,20,22)/b16-12+. The molecule has 1 aliphatic carbocycles. The first-order valence-electron chi connectivity index (χ1n) is 8.57. The Morgan fingerprint density at radius 2 is 1.73 bits per heavy atom. The molecule has 5 heteroatoms. The van der Waals surface area contributed by atoms with Gasteiger partial charge in [0.25, 0.3) is 0 Å². The number of nitrogens with zero attached hydrogens (tertiary/aromatic N) is 3. The molecule has 0 aromatic carbocycles. The maximum Gasteiger partial charge on any atom is 0.249 e. The van der Waals surface area contributed by atoms with Crippen LogP contribution in [0.4, 0.5) is 5.95 Å². The Morgan fingerprint density at radius 3 is 2.41 bits per heavy atom. The Morgan fingerprint density at radius 1 is 1.09 bits per heavy atom. The highest BCUT2D eigenvalue weighted by atomic mass is 16.1. The quantitative estimate of drug-likeness (QED) is 0.886. The van der Waals surface area contributed by atoms with E-state index in [2.05, 4.69) is 21.5 Å². The molecule has 1 heterocycles. The highest BCUT2D eigenvalue weighted by Gasteiger charge is 2.11. The Hall–Kier alpha value is -1.65. The summed E-state index contributed by atoms with van der Waals surface area (Å²) >= 11 is 0. The van der Waals surface area contributed by atoms with E-state index in [1.54, 1.807) is 0 Å². The van der Waals surface area contributed by atoms with Crippen LogP contribution in [0.5, 0.6) is 0 Å². The predicted molar refractivity (Wildman–Crippen MR) is 89.5 cm³/mol. The minimum atomic E-state index is -0.134. The van der Waals surface area contributed by atoms with Crippen LogP contribution in [0.3, 0.4) is 0 Å². The van der Waals surface area contributed by atoms with Gasteiger partial charge in [0.1, 0.15) is 5.82 Å². The van der Waals surface area contributed by atoms with E-state index in [0.717, 1.165) is 18.7 Å². The molecule has 1 N–H and O–H groups in total. The van der Waals surface area contributed by atoms with E-state index >= 15 is 0 Å². The van der Waals surface area contributed by atoms with Crippen molar-refractivity contribution in [3.8, 4) is 0 Å². The lowest BCUT2D eigenvalue weighted by Crippen LogP contribution is -2.08. The third-order valence-corrected chi connectivity index (χ3v) is 4.10. The molecular formula is C17H28N4O. The van der Waals surface area contributed by atoms with Gasteiger partial charge < -0.3 is 0 Å². The van der Waals surface area contributed by atoms with Crippen molar-refractivity contribution < 1.29 is 4.79 Å². The molecular weight excluding hydrogens is 276 g/mol. The third-order valence-electron chi connectivity index (χ3n) is 4.10. The first kappa shape index (κ1) is 16.7. The van der Waals surface area contributed by atoms with Crippen LogP contribution in [0.2, 0.25) is 0 Å². The number of aryl methyl sites for hydroxylation is 1. The van der Waals surface area contributed by atoms with Crippen LogP contribution >= 0.6 is 0 Å². The second-order valence-electron chi connectivity index (χ2n) is 6.14. The lowest BCUT2D eigenvalue weighted by Gasteiger charge is -2.11. The van der Waals surface area contributed by atoms with E-state index in [-0.39, 0.29) is 5.91 Å². The van der Waals surface area contributed by atoms with Crippen molar-refractivity contribution in [2.24, 2.45) is 0 Å². The monoisotopic (exact) mass is 304 g/mol. The largest absolute Gasteiger partial charge is 0.293 e. The Kier molecular flexibility index (Phi) is 6.62. The van der Waals surface area contributed by atoms with Crippen LogP contribution in [-0.2, 0) is 4.79 Å². The average molecular weight is 304 g/mol. The molecule has 2 rings (SSSR count). The number of carbonyl (C=O) groups is 1. The van der Waals surface area contributed by atoms with Gasteiger partial charge >= 0.3 is 0 Å². The van der Waals surface area contributed by atoms with Gasteiger partial charge in [-0.05, 0) is 32.6 Å². The van der Waals surface area contributed by atoms with Crippen molar-refractivity contribution in [2.75, 3.05) is 5.32 Å². The molecule has 1 aromatic rings. The molecule has 22 heavy (non-hydrogen) atoms. The zero-order valence-electron chi connectivity index (χ0n) is 13.9. The lowest BCUT2D eigenvalue weighted by molar-refractivity contribution is -0.114. The van der Waals surface area contributed by atoms with Gasteiger partial charge in [-0.1, -0.05) is 44.6 Å². The zero-order chi connectivity index (χ0) is 15.8. The fraction of sp³-hybridized carbons (Fsp3) is 0.706. The van der Waals surface area contributed by atoms with E-state index in [4.69, 9.17) is 0 Å². The molecule has 1 amide bonds. The van der Waals surface area contributed by atoms with Crippen LogP contribution in [-0.4, -0.2) is 20.7 Å². The fourth-order valence-corrected chi connectivity index (χ4v) is 2.95. The number of hydrogen-bond donors (Lipinski definition) is 1. The molecule has 0 saturated heterocycles. The number of amides is 1. The van der Waals surface area contributed by atoms with Gasteiger partial charge in [0.15, 0.2) is 0 Å². The van der Waals surface area contributed by atoms with Crippen LogP contribution in [0, 0.1) is 6.92 Å². The van der Waals surface area contributed by atoms with Crippen molar-refractivity contribution in [3.63, 3.8) is 0 Å². The summed E-state index contributed by atoms with van der Waals surface area (Å²) in [6.45, 7) is 3.42. The smallest absolute Gasteiger partial charge is 0.249 e. The highest BCUT2D eigenvalue weighted by molar-refractivity contribution is 5.86. The summed E-state index contributed by atoms with van der Waals surface area (Å²) in [7, 11) is 0. The molecule has 0 atom stereocenters. The molecule has 122 valence electrons. The van der Waals surface area contributed by atoms with Gasteiger partial charge in [-0.2, -0.15) is 4.98 Å². The number of rotatable bonds is 2. The van der Waals surface area contributed by atoms with Crippen molar-refractivity contribution in [2.45, 2.75) is 78.1 Å². The molecule has 0 spiro atoms. The Labute approximate surface area is 133 Å². The molecule has 5 nitrogen and oxygen atoms in total. The van der Waals surface area contributed by atoms with Gasteiger partial charge in [0, 0.05) is 12.6 Å². The molecule has 1 aromatic heterocycles. The molecule has 0 aliphatic heterocycles. The highest BCUT2D eigenvalue weighted by Crippen LogP contribution is 2.21. The third kappa shape index (κ3) is 5.28. The van der Waals surface area contributed by atoms with E-state index < -0.39 is 0 Å². The molecule has 0 radical (unpaired) electrons. The lowest BCUT2D eigenvalue weighted by atomic mass is 10.0. The average Bonchev–Trinajstić information content (AvgIpc) is 2.79.